The predicted octanol–water partition coefficient (Wildman–Crippen LogP) is 3.57. The van der Waals surface area contributed by atoms with Gasteiger partial charge in [-0.3, -0.25) is 9.59 Å². The Morgan fingerprint density at radius 1 is 1.09 bits per heavy atom. The van der Waals surface area contributed by atoms with Crippen LogP contribution in [0, 0.1) is 0 Å². The van der Waals surface area contributed by atoms with Crippen molar-refractivity contribution in [3.63, 3.8) is 0 Å². The molecule has 0 bridgehead atoms. The third kappa shape index (κ3) is 4.40. The van der Waals surface area contributed by atoms with Gasteiger partial charge in [0, 0.05) is 22.7 Å². The van der Waals surface area contributed by atoms with Gasteiger partial charge < -0.3 is 10.0 Å². The highest BCUT2D eigenvalue weighted by Gasteiger charge is 2.48. The van der Waals surface area contributed by atoms with E-state index in [9.17, 15) is 23.1 Å². The minimum atomic E-state index is -3.51. The van der Waals surface area contributed by atoms with E-state index in [-0.39, 0.29) is 5.91 Å². The molecule has 1 saturated carbocycles. The monoisotopic (exact) mass is 476 g/mol. The van der Waals surface area contributed by atoms with Crippen molar-refractivity contribution in [2.45, 2.75) is 49.7 Å². The van der Waals surface area contributed by atoms with Crippen molar-refractivity contribution in [3.8, 4) is 0 Å². The number of hydrogen-bond acceptors (Lipinski definition) is 4. The molecular formula is C23H25ClN2O5S. The van der Waals surface area contributed by atoms with Crippen molar-refractivity contribution in [1.29, 1.82) is 0 Å². The van der Waals surface area contributed by atoms with E-state index in [1.807, 2.05) is 0 Å². The summed E-state index contributed by atoms with van der Waals surface area (Å²) in [6, 6.07) is 11.8. The molecule has 0 radical (unpaired) electrons. The Bertz CT molecular complexity index is 1140. The zero-order valence-electron chi connectivity index (χ0n) is 17.6. The average Bonchev–Trinajstić information content (AvgIpc) is 2.73. The fraction of sp³-hybridized carbons (Fsp3) is 0.391. The van der Waals surface area contributed by atoms with E-state index >= 15 is 0 Å². The minimum Gasteiger partial charge on any atom is -0.481 e. The molecule has 1 fully saturated rings. The van der Waals surface area contributed by atoms with Gasteiger partial charge in [-0.15, -0.1) is 0 Å². The molecule has 7 nitrogen and oxygen atoms in total. The lowest BCUT2D eigenvalue weighted by Crippen LogP contribution is -2.58. The van der Waals surface area contributed by atoms with Gasteiger partial charge in [0.1, 0.15) is 5.92 Å². The van der Waals surface area contributed by atoms with Crippen LogP contribution in [0.2, 0.25) is 5.02 Å². The van der Waals surface area contributed by atoms with Crippen LogP contribution in [0.15, 0.2) is 48.5 Å². The van der Waals surface area contributed by atoms with Crippen LogP contribution in [-0.2, 0) is 14.8 Å². The largest absolute Gasteiger partial charge is 0.481 e. The van der Waals surface area contributed by atoms with Gasteiger partial charge in [-0.25, -0.2) is 13.1 Å². The number of nitrogens with zero attached hydrogens (tertiary/aromatic N) is 1. The van der Waals surface area contributed by atoms with Crippen LogP contribution >= 0.6 is 11.6 Å². The Balaban J connectivity index is 1.89. The van der Waals surface area contributed by atoms with E-state index in [1.165, 1.54) is 0 Å². The van der Waals surface area contributed by atoms with E-state index in [2.05, 4.69) is 4.72 Å². The number of carbonyl (C=O) groups is 2. The second-order valence-electron chi connectivity index (χ2n) is 8.46. The smallest absolute Gasteiger partial charge is 0.313 e. The summed E-state index contributed by atoms with van der Waals surface area (Å²) in [5.74, 6) is -2.32. The molecule has 0 saturated heterocycles. The van der Waals surface area contributed by atoms with E-state index < -0.39 is 40.0 Å². The maximum atomic E-state index is 13.8. The molecule has 1 amide bonds. The molecule has 9 heteroatoms. The Morgan fingerprint density at radius 2 is 1.75 bits per heavy atom. The molecule has 2 aliphatic rings. The van der Waals surface area contributed by atoms with Gasteiger partial charge in [-0.05, 0) is 42.2 Å². The fourth-order valence-electron chi connectivity index (χ4n) is 5.05. The first-order chi connectivity index (χ1) is 15.2. The summed E-state index contributed by atoms with van der Waals surface area (Å²) in [7, 11) is -3.51. The summed E-state index contributed by atoms with van der Waals surface area (Å²) in [5, 5.41) is 10.8. The summed E-state index contributed by atoms with van der Waals surface area (Å²) in [6.07, 6.45) is 3.91. The molecule has 0 unspecified atom stereocenters. The second-order valence-corrected chi connectivity index (χ2v) is 10.7. The van der Waals surface area contributed by atoms with Crippen molar-refractivity contribution in [1.82, 2.24) is 9.62 Å². The zero-order chi connectivity index (χ0) is 23.0. The molecular weight excluding hydrogens is 452 g/mol. The molecule has 0 spiro atoms. The van der Waals surface area contributed by atoms with Gasteiger partial charge in [0.2, 0.25) is 10.0 Å². The van der Waals surface area contributed by atoms with Crippen LogP contribution < -0.4 is 4.72 Å². The average molecular weight is 477 g/mol. The topological polar surface area (TPSA) is 104 Å². The lowest BCUT2D eigenvalue weighted by atomic mass is 9.77. The third-order valence-electron chi connectivity index (χ3n) is 6.31. The van der Waals surface area contributed by atoms with Crippen molar-refractivity contribution < 1.29 is 23.1 Å². The van der Waals surface area contributed by atoms with Crippen molar-refractivity contribution in [2.24, 2.45) is 0 Å². The molecule has 2 aromatic rings. The molecule has 170 valence electrons. The van der Waals surface area contributed by atoms with Crippen LogP contribution in [0.4, 0.5) is 0 Å². The van der Waals surface area contributed by atoms with Gasteiger partial charge >= 0.3 is 5.97 Å². The van der Waals surface area contributed by atoms with Crippen molar-refractivity contribution in [3.05, 3.63) is 70.2 Å². The predicted molar refractivity (Wildman–Crippen MR) is 121 cm³/mol. The minimum absolute atomic E-state index is 0.287. The van der Waals surface area contributed by atoms with Crippen LogP contribution in [0.1, 0.15) is 59.1 Å². The summed E-state index contributed by atoms with van der Waals surface area (Å²) in [5.41, 5.74) is 1.45. The summed E-state index contributed by atoms with van der Waals surface area (Å²) >= 11 is 6.07. The first-order valence-electron chi connectivity index (χ1n) is 10.5. The van der Waals surface area contributed by atoms with E-state index in [1.54, 1.807) is 53.4 Å². The van der Waals surface area contributed by atoms with Gasteiger partial charge in [0.15, 0.2) is 0 Å². The number of carboxylic acid groups (broad SMARTS) is 1. The number of aliphatic carboxylic acids is 1. The third-order valence-corrected chi connectivity index (χ3v) is 7.29. The SMILES string of the molecule is CS(=O)(=O)N[C@@H]1CCCC[C@H]1N1C(=O)c2ccccc2[C@H](C(=O)O)[C@H]1c1ccc(Cl)cc1. The van der Waals surface area contributed by atoms with E-state index in [0.717, 1.165) is 19.1 Å². The van der Waals surface area contributed by atoms with Crippen LogP contribution in [-0.4, -0.2) is 48.6 Å². The molecule has 4 rings (SSSR count). The van der Waals surface area contributed by atoms with E-state index in [0.29, 0.717) is 34.6 Å². The van der Waals surface area contributed by atoms with Crippen LogP contribution in [0.5, 0.6) is 0 Å². The van der Waals surface area contributed by atoms with Gasteiger partial charge in [0.25, 0.3) is 5.91 Å². The summed E-state index contributed by atoms with van der Waals surface area (Å²) in [6.45, 7) is 0. The standard InChI is InChI=1S/C23H25ClN2O5S/c1-32(30,31)25-18-8-4-5-9-19(18)26-21(14-10-12-15(24)13-11-14)20(23(28)29)16-6-2-3-7-17(16)22(26)27/h2-3,6-7,10-13,18-21,25H,4-5,8-9H2,1H3,(H,28,29)/t18-,19-,20+,21-/m1/s1. The number of hydrogen-bond donors (Lipinski definition) is 2. The Kier molecular flexibility index (Phi) is 6.29. The maximum absolute atomic E-state index is 13.8. The van der Waals surface area contributed by atoms with Crippen molar-refractivity contribution in [2.75, 3.05) is 6.26 Å². The first kappa shape index (κ1) is 22.8. The highest BCUT2D eigenvalue weighted by molar-refractivity contribution is 7.88. The lowest BCUT2D eigenvalue weighted by molar-refractivity contribution is -0.141. The van der Waals surface area contributed by atoms with Gasteiger partial charge in [-0.1, -0.05) is 54.8 Å². The Labute approximate surface area is 192 Å². The second kappa shape index (κ2) is 8.84. The van der Waals surface area contributed by atoms with Crippen molar-refractivity contribution >= 4 is 33.5 Å². The molecule has 1 heterocycles. The highest BCUT2D eigenvalue weighted by atomic mass is 35.5. The number of sulfonamides is 1. The highest BCUT2D eigenvalue weighted by Crippen LogP contribution is 2.46. The normalized spacial score (nSPS) is 25.9. The first-order valence-corrected chi connectivity index (χ1v) is 12.8. The van der Waals surface area contributed by atoms with E-state index in [4.69, 9.17) is 11.6 Å². The van der Waals surface area contributed by atoms with Crippen LogP contribution in [0.3, 0.4) is 0 Å². The molecule has 0 aromatic heterocycles. The zero-order valence-corrected chi connectivity index (χ0v) is 19.1. The molecule has 2 aromatic carbocycles. The number of rotatable bonds is 5. The molecule has 2 N–H and O–H groups in total. The Hall–Kier alpha value is -2.42. The molecule has 32 heavy (non-hydrogen) atoms. The summed E-state index contributed by atoms with van der Waals surface area (Å²) in [4.78, 5) is 27.9. The Morgan fingerprint density at radius 3 is 2.41 bits per heavy atom. The number of carboxylic acids is 1. The number of carbonyl (C=O) groups excluding carboxylic acids is 1. The fourth-order valence-corrected chi connectivity index (χ4v) is 6.00. The number of nitrogens with one attached hydrogen (secondary N) is 1. The number of benzene rings is 2. The maximum Gasteiger partial charge on any atom is 0.313 e. The number of amides is 1. The van der Waals surface area contributed by atoms with Crippen LogP contribution in [0.25, 0.3) is 0 Å². The quantitative estimate of drug-likeness (QED) is 0.686. The number of fused-ring (bicyclic) bond motifs is 1. The summed E-state index contributed by atoms with van der Waals surface area (Å²) < 4.78 is 26.8. The molecule has 4 atom stereocenters. The molecule has 1 aliphatic heterocycles. The van der Waals surface area contributed by atoms with Gasteiger partial charge in [-0.2, -0.15) is 0 Å². The molecule has 1 aliphatic carbocycles. The lowest BCUT2D eigenvalue weighted by Gasteiger charge is -2.48. The van der Waals surface area contributed by atoms with Gasteiger partial charge in [0.05, 0.1) is 12.3 Å². The number of halogens is 1.